The van der Waals surface area contributed by atoms with Crippen LogP contribution in [0.4, 0.5) is 0 Å². The molecule has 1 aromatic heterocycles. The third kappa shape index (κ3) is 3.46. The van der Waals surface area contributed by atoms with Crippen molar-refractivity contribution >= 4 is 29.1 Å². The van der Waals surface area contributed by atoms with Crippen molar-refractivity contribution in [3.05, 3.63) is 63.9 Å². The van der Waals surface area contributed by atoms with Gasteiger partial charge in [-0.05, 0) is 36.8 Å². The summed E-state index contributed by atoms with van der Waals surface area (Å²) in [6.07, 6.45) is 1.58. The third-order valence-electron chi connectivity index (χ3n) is 2.67. The van der Waals surface area contributed by atoms with Crippen LogP contribution in [0.25, 0.3) is 0 Å². The molecule has 19 heavy (non-hydrogen) atoms. The van der Waals surface area contributed by atoms with Gasteiger partial charge in [0.25, 0.3) is 5.91 Å². The highest BCUT2D eigenvalue weighted by Gasteiger charge is 2.14. The highest BCUT2D eigenvalue weighted by molar-refractivity contribution is 6.35. The number of benzene rings is 1. The second-order valence-electron chi connectivity index (χ2n) is 4.08. The zero-order valence-corrected chi connectivity index (χ0v) is 11.7. The molecule has 0 unspecified atom stereocenters. The first-order valence-electron chi connectivity index (χ1n) is 5.75. The van der Waals surface area contributed by atoms with Gasteiger partial charge in [-0.3, -0.25) is 9.78 Å². The van der Waals surface area contributed by atoms with Crippen molar-refractivity contribution in [3.63, 3.8) is 0 Å². The van der Waals surface area contributed by atoms with E-state index in [9.17, 15) is 4.79 Å². The van der Waals surface area contributed by atoms with Crippen LogP contribution in [0.3, 0.4) is 0 Å². The van der Waals surface area contributed by atoms with Crippen LogP contribution in [-0.4, -0.2) is 10.9 Å². The summed E-state index contributed by atoms with van der Waals surface area (Å²) in [5.41, 5.74) is 1.19. The molecule has 0 bridgehead atoms. The molecule has 3 nitrogen and oxygen atoms in total. The number of pyridine rings is 1. The summed E-state index contributed by atoms with van der Waals surface area (Å²) in [7, 11) is 0. The summed E-state index contributed by atoms with van der Waals surface area (Å²) in [5.74, 6) is -0.237. The monoisotopic (exact) mass is 294 g/mol. The van der Waals surface area contributed by atoms with E-state index in [1.54, 1.807) is 42.6 Å². The van der Waals surface area contributed by atoms with Crippen molar-refractivity contribution in [3.8, 4) is 0 Å². The number of hydrogen-bond acceptors (Lipinski definition) is 2. The average molecular weight is 295 g/mol. The fourth-order valence-electron chi connectivity index (χ4n) is 1.70. The van der Waals surface area contributed by atoms with Gasteiger partial charge in [0.2, 0.25) is 0 Å². The minimum Gasteiger partial charge on any atom is -0.344 e. The zero-order valence-electron chi connectivity index (χ0n) is 10.2. The van der Waals surface area contributed by atoms with Gasteiger partial charge < -0.3 is 5.32 Å². The lowest BCUT2D eigenvalue weighted by atomic mass is 10.1. The Morgan fingerprint density at radius 1 is 1.26 bits per heavy atom. The predicted molar refractivity (Wildman–Crippen MR) is 76.6 cm³/mol. The Hall–Kier alpha value is -1.58. The summed E-state index contributed by atoms with van der Waals surface area (Å²) in [4.78, 5) is 16.0. The van der Waals surface area contributed by atoms with Gasteiger partial charge in [-0.15, -0.1) is 0 Å². The number of aromatic nitrogens is 1. The van der Waals surface area contributed by atoms with E-state index in [2.05, 4.69) is 10.3 Å². The first-order valence-corrected chi connectivity index (χ1v) is 6.50. The molecule has 98 valence electrons. The fraction of sp³-hybridized carbons (Fsp3) is 0.143. The van der Waals surface area contributed by atoms with Gasteiger partial charge in [0.1, 0.15) is 5.69 Å². The van der Waals surface area contributed by atoms with Crippen molar-refractivity contribution in [2.45, 2.75) is 13.0 Å². The number of nitrogens with one attached hydrogen (secondary N) is 1. The molecule has 1 heterocycles. The number of carbonyl (C=O) groups excluding carboxylic acids is 1. The Bertz CT molecular complexity index is 587. The molecule has 0 spiro atoms. The van der Waals surface area contributed by atoms with Gasteiger partial charge in [0, 0.05) is 16.2 Å². The molecule has 1 amide bonds. The Morgan fingerprint density at radius 2 is 2.05 bits per heavy atom. The van der Waals surface area contributed by atoms with Crippen LogP contribution in [0.15, 0.2) is 42.6 Å². The van der Waals surface area contributed by atoms with Gasteiger partial charge in [-0.1, -0.05) is 35.3 Å². The van der Waals surface area contributed by atoms with E-state index in [4.69, 9.17) is 23.2 Å². The smallest absolute Gasteiger partial charge is 0.270 e. The second-order valence-corrected chi connectivity index (χ2v) is 4.92. The SMILES string of the molecule is C[C@@H](NC(=O)c1ccccn1)c1ccc(Cl)cc1Cl. The molecule has 0 radical (unpaired) electrons. The summed E-state index contributed by atoms with van der Waals surface area (Å²) >= 11 is 11.9. The normalized spacial score (nSPS) is 11.9. The molecule has 2 rings (SSSR count). The number of hydrogen-bond donors (Lipinski definition) is 1. The molecule has 1 N–H and O–H groups in total. The van der Waals surface area contributed by atoms with Crippen LogP contribution in [0.1, 0.15) is 29.0 Å². The van der Waals surface area contributed by atoms with Gasteiger partial charge >= 0.3 is 0 Å². The average Bonchev–Trinajstić information content (AvgIpc) is 2.39. The number of amides is 1. The Morgan fingerprint density at radius 3 is 2.68 bits per heavy atom. The second kappa shape index (κ2) is 6.04. The third-order valence-corrected chi connectivity index (χ3v) is 3.24. The van der Waals surface area contributed by atoms with Crippen LogP contribution < -0.4 is 5.32 Å². The highest BCUT2D eigenvalue weighted by Crippen LogP contribution is 2.26. The molecule has 0 aliphatic rings. The van der Waals surface area contributed by atoms with Crippen LogP contribution in [0, 0.1) is 0 Å². The van der Waals surface area contributed by atoms with Crippen molar-refractivity contribution in [2.24, 2.45) is 0 Å². The topological polar surface area (TPSA) is 42.0 Å². The lowest BCUT2D eigenvalue weighted by Crippen LogP contribution is -2.27. The Kier molecular flexibility index (Phi) is 4.40. The molecule has 0 aliphatic heterocycles. The van der Waals surface area contributed by atoms with Crippen molar-refractivity contribution in [1.29, 1.82) is 0 Å². The number of rotatable bonds is 3. The summed E-state index contributed by atoms with van der Waals surface area (Å²) in [5, 5.41) is 3.94. The number of nitrogens with zero attached hydrogens (tertiary/aromatic N) is 1. The molecule has 0 saturated heterocycles. The van der Waals surface area contributed by atoms with Crippen LogP contribution in [0.5, 0.6) is 0 Å². The molecule has 2 aromatic rings. The lowest BCUT2D eigenvalue weighted by molar-refractivity contribution is 0.0935. The van der Waals surface area contributed by atoms with E-state index < -0.39 is 0 Å². The lowest BCUT2D eigenvalue weighted by Gasteiger charge is -2.15. The van der Waals surface area contributed by atoms with Gasteiger partial charge in [-0.2, -0.15) is 0 Å². The van der Waals surface area contributed by atoms with Crippen molar-refractivity contribution in [1.82, 2.24) is 10.3 Å². The van der Waals surface area contributed by atoms with E-state index in [0.29, 0.717) is 15.7 Å². The summed E-state index contributed by atoms with van der Waals surface area (Å²) in [6.45, 7) is 1.86. The maximum atomic E-state index is 12.0. The molecular formula is C14H12Cl2N2O. The Labute approximate surface area is 121 Å². The molecule has 0 aliphatic carbocycles. The largest absolute Gasteiger partial charge is 0.344 e. The molecule has 1 aromatic carbocycles. The zero-order chi connectivity index (χ0) is 13.8. The maximum absolute atomic E-state index is 12.0. The first kappa shape index (κ1) is 13.8. The molecule has 0 fully saturated rings. The molecule has 0 saturated carbocycles. The number of halogens is 2. The van der Waals surface area contributed by atoms with Crippen molar-refractivity contribution in [2.75, 3.05) is 0 Å². The van der Waals surface area contributed by atoms with Gasteiger partial charge in [0.15, 0.2) is 0 Å². The summed E-state index contributed by atoms with van der Waals surface area (Å²) in [6, 6.07) is 10.2. The summed E-state index contributed by atoms with van der Waals surface area (Å²) < 4.78 is 0. The minimum absolute atomic E-state index is 0.223. The molecule has 1 atom stereocenters. The standard InChI is InChI=1S/C14H12Cl2N2O/c1-9(11-6-5-10(15)8-12(11)16)18-14(19)13-4-2-3-7-17-13/h2-9H,1H3,(H,18,19)/t9-/m1/s1. The Balaban J connectivity index is 2.13. The highest BCUT2D eigenvalue weighted by atomic mass is 35.5. The van der Waals surface area contributed by atoms with Gasteiger partial charge in [-0.25, -0.2) is 0 Å². The van der Waals surface area contributed by atoms with E-state index in [1.807, 2.05) is 6.92 Å². The molecule has 5 heteroatoms. The fourth-order valence-corrected chi connectivity index (χ4v) is 2.27. The van der Waals surface area contributed by atoms with Crippen molar-refractivity contribution < 1.29 is 4.79 Å². The van der Waals surface area contributed by atoms with E-state index >= 15 is 0 Å². The van der Waals surface area contributed by atoms with Crippen LogP contribution in [-0.2, 0) is 0 Å². The quantitative estimate of drug-likeness (QED) is 0.933. The van der Waals surface area contributed by atoms with E-state index in [0.717, 1.165) is 5.56 Å². The maximum Gasteiger partial charge on any atom is 0.270 e. The van der Waals surface area contributed by atoms with Crippen LogP contribution >= 0.6 is 23.2 Å². The molecular weight excluding hydrogens is 283 g/mol. The minimum atomic E-state index is -0.237. The first-order chi connectivity index (χ1) is 9.08. The van der Waals surface area contributed by atoms with Crippen LogP contribution in [0.2, 0.25) is 10.0 Å². The van der Waals surface area contributed by atoms with Gasteiger partial charge in [0.05, 0.1) is 6.04 Å². The van der Waals surface area contributed by atoms with E-state index in [1.165, 1.54) is 0 Å². The predicted octanol–water partition coefficient (Wildman–Crippen LogP) is 3.88. The number of carbonyl (C=O) groups is 1. The van der Waals surface area contributed by atoms with E-state index in [-0.39, 0.29) is 11.9 Å².